The van der Waals surface area contributed by atoms with Crippen LogP contribution in [0.3, 0.4) is 0 Å². The Labute approximate surface area is 112 Å². The second-order valence-electron chi connectivity index (χ2n) is 4.43. The van der Waals surface area contributed by atoms with Crippen LogP contribution < -0.4 is 10.5 Å². The zero-order chi connectivity index (χ0) is 13.7. The summed E-state index contributed by atoms with van der Waals surface area (Å²) in [4.78, 5) is 0. The van der Waals surface area contributed by atoms with Crippen LogP contribution in [0.4, 0.5) is 0 Å². The Hall–Kier alpha value is -1.95. The maximum atomic E-state index is 5.50. The third kappa shape index (κ3) is 3.08. The molecule has 0 saturated heterocycles. The lowest BCUT2D eigenvalue weighted by Gasteiger charge is -2.09. The van der Waals surface area contributed by atoms with Crippen LogP contribution in [0.2, 0.25) is 0 Å². The Bertz CT molecular complexity index is 538. The smallest absolute Gasteiger partial charge is 0.185 e. The van der Waals surface area contributed by atoms with Gasteiger partial charge in [-0.3, -0.25) is 0 Å². The Morgan fingerprint density at radius 3 is 2.89 bits per heavy atom. The normalized spacial score (nSPS) is 10.7. The van der Waals surface area contributed by atoms with Crippen molar-refractivity contribution >= 4 is 0 Å². The van der Waals surface area contributed by atoms with E-state index in [0.717, 1.165) is 42.1 Å². The van der Waals surface area contributed by atoms with E-state index in [-0.39, 0.29) is 0 Å². The first-order valence-electron chi connectivity index (χ1n) is 6.37. The molecule has 0 unspecified atom stereocenters. The molecular weight excluding hydrogens is 242 g/mol. The second-order valence-corrected chi connectivity index (χ2v) is 4.43. The molecule has 102 valence electrons. The summed E-state index contributed by atoms with van der Waals surface area (Å²) in [5.74, 6) is 1.52. The highest BCUT2D eigenvalue weighted by Gasteiger charge is 2.13. The van der Waals surface area contributed by atoms with E-state index >= 15 is 0 Å². The van der Waals surface area contributed by atoms with E-state index in [1.807, 2.05) is 25.1 Å². The van der Waals surface area contributed by atoms with Gasteiger partial charge in [-0.1, -0.05) is 6.07 Å². The van der Waals surface area contributed by atoms with Gasteiger partial charge < -0.3 is 10.5 Å². The molecule has 0 atom stereocenters. The van der Waals surface area contributed by atoms with Gasteiger partial charge in [0.1, 0.15) is 5.75 Å². The number of aromatic nitrogens is 4. The van der Waals surface area contributed by atoms with Crippen molar-refractivity contribution < 1.29 is 4.74 Å². The number of nitrogens with zero attached hydrogens (tertiary/aromatic N) is 4. The standard InChI is InChI=1S/C13H19N5O/c1-10-5-6-11(12(9-10)19-2)13-15-16-17-18(13)8-4-3-7-14/h5-6,9H,3-4,7-8,14H2,1-2H3. The fraction of sp³-hybridized carbons (Fsp3) is 0.462. The number of ether oxygens (including phenoxy) is 1. The number of methoxy groups -OCH3 is 1. The fourth-order valence-electron chi connectivity index (χ4n) is 1.94. The van der Waals surface area contributed by atoms with Gasteiger partial charge in [0.05, 0.1) is 12.7 Å². The first-order valence-corrected chi connectivity index (χ1v) is 6.37. The summed E-state index contributed by atoms with van der Waals surface area (Å²) in [7, 11) is 1.65. The van der Waals surface area contributed by atoms with Crippen LogP contribution in [0.25, 0.3) is 11.4 Å². The molecule has 2 rings (SSSR count). The predicted molar refractivity (Wildman–Crippen MR) is 72.8 cm³/mol. The fourth-order valence-corrected chi connectivity index (χ4v) is 1.94. The molecule has 19 heavy (non-hydrogen) atoms. The molecular formula is C13H19N5O. The quantitative estimate of drug-likeness (QED) is 0.795. The molecule has 0 aliphatic rings. The van der Waals surface area contributed by atoms with Crippen LogP contribution in [-0.4, -0.2) is 33.9 Å². The van der Waals surface area contributed by atoms with Crippen LogP contribution in [0.1, 0.15) is 18.4 Å². The van der Waals surface area contributed by atoms with Crippen molar-refractivity contribution in [1.82, 2.24) is 20.2 Å². The molecule has 0 radical (unpaired) electrons. The van der Waals surface area contributed by atoms with Crippen LogP contribution in [0.5, 0.6) is 5.75 Å². The van der Waals surface area contributed by atoms with E-state index in [4.69, 9.17) is 10.5 Å². The lowest BCUT2D eigenvalue weighted by Crippen LogP contribution is -2.06. The first kappa shape index (κ1) is 13.5. The lowest BCUT2D eigenvalue weighted by atomic mass is 10.1. The number of hydrogen-bond donors (Lipinski definition) is 1. The number of benzene rings is 1. The zero-order valence-corrected chi connectivity index (χ0v) is 11.3. The van der Waals surface area contributed by atoms with Crippen LogP contribution in [-0.2, 0) is 6.54 Å². The van der Waals surface area contributed by atoms with E-state index in [1.165, 1.54) is 0 Å². The summed E-state index contributed by atoms with van der Waals surface area (Å²) >= 11 is 0. The SMILES string of the molecule is COc1cc(C)ccc1-c1nnnn1CCCCN. The molecule has 0 spiro atoms. The topological polar surface area (TPSA) is 78.9 Å². The van der Waals surface area contributed by atoms with Crippen molar-refractivity contribution in [3.8, 4) is 17.1 Å². The Kier molecular flexibility index (Phi) is 4.46. The van der Waals surface area contributed by atoms with E-state index in [1.54, 1.807) is 11.8 Å². The molecule has 0 bridgehead atoms. The maximum Gasteiger partial charge on any atom is 0.185 e. The van der Waals surface area contributed by atoms with Crippen molar-refractivity contribution in [2.24, 2.45) is 5.73 Å². The maximum absolute atomic E-state index is 5.50. The molecule has 1 aromatic carbocycles. The minimum atomic E-state index is 0.686. The van der Waals surface area contributed by atoms with Gasteiger partial charge in [-0.2, -0.15) is 0 Å². The Morgan fingerprint density at radius 1 is 1.32 bits per heavy atom. The molecule has 2 aromatic rings. The molecule has 1 heterocycles. The number of nitrogens with two attached hydrogens (primary N) is 1. The molecule has 2 N–H and O–H groups in total. The van der Waals surface area contributed by atoms with Gasteiger partial charge >= 0.3 is 0 Å². The summed E-state index contributed by atoms with van der Waals surface area (Å²) in [5.41, 5.74) is 7.55. The number of aryl methyl sites for hydroxylation is 2. The molecule has 0 aliphatic carbocycles. The molecule has 0 aliphatic heterocycles. The molecule has 6 heteroatoms. The van der Waals surface area contributed by atoms with Gasteiger partial charge in [-0.15, -0.1) is 5.10 Å². The summed E-state index contributed by atoms with van der Waals surface area (Å²) in [6.07, 6.45) is 1.92. The van der Waals surface area contributed by atoms with Crippen molar-refractivity contribution in [3.05, 3.63) is 23.8 Å². The number of hydrogen-bond acceptors (Lipinski definition) is 5. The van der Waals surface area contributed by atoms with Crippen LogP contribution in [0, 0.1) is 6.92 Å². The summed E-state index contributed by atoms with van der Waals surface area (Å²) in [6, 6.07) is 5.99. The Balaban J connectivity index is 2.29. The highest BCUT2D eigenvalue weighted by Crippen LogP contribution is 2.28. The third-order valence-corrected chi connectivity index (χ3v) is 2.95. The van der Waals surface area contributed by atoms with Crippen LogP contribution >= 0.6 is 0 Å². The molecule has 1 aromatic heterocycles. The first-order chi connectivity index (χ1) is 9.26. The van der Waals surface area contributed by atoms with Gasteiger partial charge in [0.15, 0.2) is 5.82 Å². The predicted octanol–water partition coefficient (Wildman–Crippen LogP) is 1.40. The van der Waals surface area contributed by atoms with E-state index < -0.39 is 0 Å². The highest BCUT2D eigenvalue weighted by atomic mass is 16.5. The molecule has 0 saturated carbocycles. The summed E-state index contributed by atoms with van der Waals surface area (Å²) in [5, 5.41) is 11.9. The number of unbranched alkanes of at least 4 members (excludes halogenated alkanes) is 1. The third-order valence-electron chi connectivity index (χ3n) is 2.95. The monoisotopic (exact) mass is 261 g/mol. The molecule has 6 nitrogen and oxygen atoms in total. The number of rotatable bonds is 6. The number of tetrazole rings is 1. The highest BCUT2D eigenvalue weighted by molar-refractivity contribution is 5.64. The van der Waals surface area contributed by atoms with Crippen molar-refractivity contribution in [1.29, 1.82) is 0 Å². The summed E-state index contributed by atoms with van der Waals surface area (Å²) in [6.45, 7) is 3.47. The van der Waals surface area contributed by atoms with E-state index in [2.05, 4.69) is 15.5 Å². The van der Waals surface area contributed by atoms with Gasteiger partial charge in [-0.25, -0.2) is 4.68 Å². The van der Waals surface area contributed by atoms with Gasteiger partial charge in [0.25, 0.3) is 0 Å². The molecule has 0 fully saturated rings. The zero-order valence-electron chi connectivity index (χ0n) is 11.3. The average Bonchev–Trinajstić information content (AvgIpc) is 2.87. The second kappa shape index (κ2) is 6.29. The largest absolute Gasteiger partial charge is 0.496 e. The van der Waals surface area contributed by atoms with Gasteiger partial charge in [0, 0.05) is 6.54 Å². The van der Waals surface area contributed by atoms with Gasteiger partial charge in [-0.05, 0) is 54.4 Å². The van der Waals surface area contributed by atoms with E-state index in [0.29, 0.717) is 6.54 Å². The van der Waals surface area contributed by atoms with E-state index in [9.17, 15) is 0 Å². The van der Waals surface area contributed by atoms with Crippen molar-refractivity contribution in [3.63, 3.8) is 0 Å². The van der Waals surface area contributed by atoms with Crippen molar-refractivity contribution in [2.75, 3.05) is 13.7 Å². The minimum Gasteiger partial charge on any atom is -0.496 e. The van der Waals surface area contributed by atoms with Crippen molar-refractivity contribution in [2.45, 2.75) is 26.3 Å². The molecule has 0 amide bonds. The van der Waals surface area contributed by atoms with Crippen LogP contribution in [0.15, 0.2) is 18.2 Å². The minimum absolute atomic E-state index is 0.686. The van der Waals surface area contributed by atoms with Gasteiger partial charge in [0.2, 0.25) is 0 Å². The Morgan fingerprint density at radius 2 is 2.16 bits per heavy atom. The lowest BCUT2D eigenvalue weighted by molar-refractivity contribution is 0.415. The average molecular weight is 261 g/mol. The summed E-state index contributed by atoms with van der Waals surface area (Å²) < 4.78 is 7.20.